The fourth-order valence-electron chi connectivity index (χ4n) is 1.79. The lowest BCUT2D eigenvalue weighted by atomic mass is 10.2. The van der Waals surface area contributed by atoms with E-state index in [2.05, 4.69) is 15.0 Å². The van der Waals surface area contributed by atoms with Gasteiger partial charge >= 0.3 is 0 Å². The monoisotopic (exact) mass is 311 g/mol. The van der Waals surface area contributed by atoms with Gasteiger partial charge in [0.15, 0.2) is 0 Å². The number of H-pyrrole nitrogens is 1. The predicted molar refractivity (Wildman–Crippen MR) is 78.3 cm³/mol. The van der Waals surface area contributed by atoms with Crippen LogP contribution < -0.4 is 10.0 Å². The topological polar surface area (TPSA) is 91.1 Å². The van der Waals surface area contributed by atoms with Crippen molar-refractivity contribution >= 4 is 27.3 Å². The van der Waals surface area contributed by atoms with E-state index in [4.69, 9.17) is 0 Å². The van der Waals surface area contributed by atoms with Crippen LogP contribution in [0.4, 0.5) is 15.8 Å². The number of rotatable bonds is 4. The number of nitrogens with one attached hydrogen (secondary N) is 3. The molecular formula is C13H14FN3O3S. The Balaban J connectivity index is 2.32. The third-order valence-electron chi connectivity index (χ3n) is 2.72. The van der Waals surface area contributed by atoms with Crippen molar-refractivity contribution in [1.82, 2.24) is 4.98 Å². The summed E-state index contributed by atoms with van der Waals surface area (Å²) in [6, 6.07) is 3.43. The van der Waals surface area contributed by atoms with Crippen LogP contribution in [0.1, 0.15) is 15.9 Å². The molecule has 1 aromatic heterocycles. The summed E-state index contributed by atoms with van der Waals surface area (Å²) in [5.41, 5.74) is 1.31. The van der Waals surface area contributed by atoms with Crippen molar-refractivity contribution in [2.24, 2.45) is 0 Å². The summed E-state index contributed by atoms with van der Waals surface area (Å²) >= 11 is 0. The van der Waals surface area contributed by atoms with Crippen molar-refractivity contribution in [3.05, 3.63) is 47.5 Å². The molecule has 0 aliphatic carbocycles. The number of halogens is 1. The van der Waals surface area contributed by atoms with Crippen LogP contribution in [0, 0.1) is 12.7 Å². The molecule has 0 aliphatic heterocycles. The number of carbonyl (C=O) groups is 1. The molecular weight excluding hydrogens is 297 g/mol. The van der Waals surface area contributed by atoms with E-state index in [9.17, 15) is 17.6 Å². The Hall–Kier alpha value is -2.35. The number of benzene rings is 1. The maximum atomic E-state index is 13.2. The first kappa shape index (κ1) is 15.0. The first-order valence-electron chi connectivity index (χ1n) is 5.98. The Morgan fingerprint density at radius 3 is 2.52 bits per heavy atom. The number of hydrogen-bond acceptors (Lipinski definition) is 3. The summed E-state index contributed by atoms with van der Waals surface area (Å²) in [7, 11) is -3.59. The number of aryl methyl sites for hydroxylation is 1. The van der Waals surface area contributed by atoms with Crippen molar-refractivity contribution in [3.8, 4) is 0 Å². The highest BCUT2D eigenvalue weighted by Gasteiger charge is 2.14. The van der Waals surface area contributed by atoms with Gasteiger partial charge in [-0.1, -0.05) is 0 Å². The molecule has 0 saturated heterocycles. The number of sulfonamides is 1. The van der Waals surface area contributed by atoms with E-state index >= 15 is 0 Å². The van der Waals surface area contributed by atoms with Gasteiger partial charge in [-0.05, 0) is 24.6 Å². The molecule has 112 valence electrons. The minimum atomic E-state index is -3.59. The van der Waals surface area contributed by atoms with Gasteiger partial charge in [0.25, 0.3) is 5.91 Å². The van der Waals surface area contributed by atoms with E-state index in [0.29, 0.717) is 5.56 Å². The van der Waals surface area contributed by atoms with Crippen molar-refractivity contribution < 1.29 is 17.6 Å². The highest BCUT2D eigenvalue weighted by atomic mass is 32.2. The molecule has 2 rings (SSSR count). The Bertz CT molecular complexity index is 784. The molecule has 0 radical (unpaired) electrons. The molecule has 0 unspecified atom stereocenters. The lowest BCUT2D eigenvalue weighted by Crippen LogP contribution is -2.16. The van der Waals surface area contributed by atoms with E-state index in [-0.39, 0.29) is 11.4 Å². The van der Waals surface area contributed by atoms with Crippen LogP contribution in [-0.2, 0) is 10.0 Å². The molecule has 0 atom stereocenters. The first-order valence-corrected chi connectivity index (χ1v) is 7.87. The third kappa shape index (κ3) is 3.82. The first-order chi connectivity index (χ1) is 9.76. The van der Waals surface area contributed by atoms with Gasteiger partial charge in [0.2, 0.25) is 10.0 Å². The zero-order valence-corrected chi connectivity index (χ0v) is 12.2. The fraction of sp³-hybridized carbons (Fsp3) is 0.154. The minimum absolute atomic E-state index is 0.0287. The van der Waals surface area contributed by atoms with Gasteiger partial charge in [-0.2, -0.15) is 0 Å². The Kier molecular flexibility index (Phi) is 3.99. The van der Waals surface area contributed by atoms with Gasteiger partial charge < -0.3 is 10.3 Å². The summed E-state index contributed by atoms with van der Waals surface area (Å²) in [6.45, 7) is 1.76. The molecule has 0 saturated carbocycles. The van der Waals surface area contributed by atoms with Gasteiger partial charge in [-0.3, -0.25) is 9.52 Å². The third-order valence-corrected chi connectivity index (χ3v) is 3.31. The molecule has 3 N–H and O–H groups in total. The molecule has 1 aromatic carbocycles. The molecule has 1 amide bonds. The van der Waals surface area contributed by atoms with Crippen LogP contribution in [0.25, 0.3) is 0 Å². The standard InChI is InChI=1S/C13H14FN3O3S/c1-8-6-15-7-10(8)13(18)16-11-4-3-9(14)5-12(11)17-21(2,19)20/h3-7,15,17H,1-2H3,(H,16,18). The summed E-state index contributed by atoms with van der Waals surface area (Å²) in [5.74, 6) is -1.03. The molecule has 0 bridgehead atoms. The molecule has 0 fully saturated rings. The number of aromatic nitrogens is 1. The van der Waals surface area contributed by atoms with E-state index in [1.54, 1.807) is 13.1 Å². The molecule has 21 heavy (non-hydrogen) atoms. The van der Waals surface area contributed by atoms with Crippen molar-refractivity contribution in [2.75, 3.05) is 16.3 Å². The van der Waals surface area contributed by atoms with Crippen LogP contribution in [0.15, 0.2) is 30.6 Å². The maximum Gasteiger partial charge on any atom is 0.257 e. The SMILES string of the molecule is Cc1c[nH]cc1C(=O)Nc1ccc(F)cc1NS(C)(=O)=O. The van der Waals surface area contributed by atoms with Gasteiger partial charge in [-0.25, -0.2) is 12.8 Å². The van der Waals surface area contributed by atoms with Crippen LogP contribution in [0.3, 0.4) is 0 Å². The smallest absolute Gasteiger partial charge is 0.257 e. The highest BCUT2D eigenvalue weighted by Crippen LogP contribution is 2.24. The van der Waals surface area contributed by atoms with E-state index < -0.39 is 21.7 Å². The number of amides is 1. The average molecular weight is 311 g/mol. The number of hydrogen-bond donors (Lipinski definition) is 3. The summed E-state index contributed by atoms with van der Waals surface area (Å²) in [5, 5.41) is 2.55. The second kappa shape index (κ2) is 5.57. The molecule has 0 aliphatic rings. The summed E-state index contributed by atoms with van der Waals surface area (Å²) in [6.07, 6.45) is 4.13. The Labute approximate surface area is 121 Å². The van der Waals surface area contributed by atoms with Gasteiger partial charge in [0, 0.05) is 18.5 Å². The lowest BCUT2D eigenvalue weighted by molar-refractivity contribution is 0.102. The second-order valence-electron chi connectivity index (χ2n) is 4.57. The van der Waals surface area contributed by atoms with E-state index in [0.717, 1.165) is 24.0 Å². The van der Waals surface area contributed by atoms with Gasteiger partial charge in [0.05, 0.1) is 23.2 Å². The minimum Gasteiger partial charge on any atom is -0.367 e. The van der Waals surface area contributed by atoms with Gasteiger partial charge in [0.1, 0.15) is 5.82 Å². The average Bonchev–Trinajstić information content (AvgIpc) is 2.77. The summed E-state index contributed by atoms with van der Waals surface area (Å²) in [4.78, 5) is 14.9. The second-order valence-corrected chi connectivity index (χ2v) is 6.32. The lowest BCUT2D eigenvalue weighted by Gasteiger charge is -2.12. The van der Waals surface area contributed by atoms with Crippen molar-refractivity contribution in [3.63, 3.8) is 0 Å². The highest BCUT2D eigenvalue weighted by molar-refractivity contribution is 7.92. The van der Waals surface area contributed by atoms with Crippen LogP contribution >= 0.6 is 0 Å². The zero-order valence-electron chi connectivity index (χ0n) is 11.4. The number of carbonyl (C=O) groups excluding carboxylic acids is 1. The molecule has 0 spiro atoms. The van der Waals surface area contributed by atoms with E-state index in [1.807, 2.05) is 0 Å². The van der Waals surface area contributed by atoms with E-state index in [1.165, 1.54) is 12.3 Å². The summed E-state index contributed by atoms with van der Waals surface area (Å²) < 4.78 is 38.0. The predicted octanol–water partition coefficient (Wildman–Crippen LogP) is 2.09. The molecule has 1 heterocycles. The largest absolute Gasteiger partial charge is 0.367 e. The molecule has 6 nitrogen and oxygen atoms in total. The number of anilines is 2. The van der Waals surface area contributed by atoms with Crippen LogP contribution in [-0.4, -0.2) is 25.6 Å². The zero-order chi connectivity index (χ0) is 15.6. The van der Waals surface area contributed by atoms with Crippen molar-refractivity contribution in [2.45, 2.75) is 6.92 Å². The Morgan fingerprint density at radius 2 is 1.95 bits per heavy atom. The maximum absolute atomic E-state index is 13.2. The quantitative estimate of drug-likeness (QED) is 0.807. The Morgan fingerprint density at radius 1 is 1.24 bits per heavy atom. The van der Waals surface area contributed by atoms with Crippen molar-refractivity contribution in [1.29, 1.82) is 0 Å². The van der Waals surface area contributed by atoms with Crippen LogP contribution in [0.5, 0.6) is 0 Å². The molecule has 2 aromatic rings. The van der Waals surface area contributed by atoms with Crippen LogP contribution in [0.2, 0.25) is 0 Å². The normalized spacial score (nSPS) is 11.2. The molecule has 8 heteroatoms. The fourth-order valence-corrected chi connectivity index (χ4v) is 2.35. The van der Waals surface area contributed by atoms with Gasteiger partial charge in [-0.15, -0.1) is 0 Å². The number of aromatic amines is 1.